The van der Waals surface area contributed by atoms with Crippen LogP contribution in [0.1, 0.15) is 52.8 Å². The molecule has 2 aromatic rings. The van der Waals surface area contributed by atoms with Gasteiger partial charge in [0.1, 0.15) is 0 Å². The second-order valence-electron chi connectivity index (χ2n) is 6.75. The zero-order chi connectivity index (χ0) is 16.7. The highest BCUT2D eigenvalue weighted by molar-refractivity contribution is 7.10. The third kappa shape index (κ3) is 2.44. The molecule has 1 aromatic heterocycles. The van der Waals surface area contributed by atoms with E-state index >= 15 is 0 Å². The number of nitrogens with one attached hydrogen (secondary N) is 1. The first-order chi connectivity index (χ1) is 11.8. The number of hydrogen-bond donors (Lipinski definition) is 1. The summed E-state index contributed by atoms with van der Waals surface area (Å²) in [6, 6.07) is 4.92. The van der Waals surface area contributed by atoms with Gasteiger partial charge in [-0.2, -0.15) is 0 Å². The number of hydrogen-bond acceptors (Lipinski definition) is 4. The fraction of sp³-hybridized carbons (Fsp3) is 0.500. The van der Waals surface area contributed by atoms with Gasteiger partial charge in [-0.25, -0.2) is 0 Å². The smallest absolute Gasteiger partial charge is 0.161 e. The van der Waals surface area contributed by atoms with E-state index in [4.69, 9.17) is 9.47 Å². The molecular formula is C20H25NO2S. The summed E-state index contributed by atoms with van der Waals surface area (Å²) < 4.78 is 11.1. The average Bonchev–Trinajstić information content (AvgIpc) is 3.03. The topological polar surface area (TPSA) is 30.5 Å². The minimum atomic E-state index is 0.444. The first-order valence-corrected chi connectivity index (χ1v) is 9.72. The monoisotopic (exact) mass is 343 g/mol. The normalized spacial score (nSPS) is 21.6. The van der Waals surface area contributed by atoms with Gasteiger partial charge in [-0.15, -0.1) is 11.3 Å². The van der Waals surface area contributed by atoms with Gasteiger partial charge in [0.25, 0.3) is 0 Å². The number of ether oxygens (including phenoxy) is 2. The molecular weight excluding hydrogens is 318 g/mol. The molecule has 0 spiro atoms. The van der Waals surface area contributed by atoms with Gasteiger partial charge >= 0.3 is 0 Å². The second-order valence-corrected chi connectivity index (χ2v) is 7.72. The summed E-state index contributed by atoms with van der Waals surface area (Å²) in [6.07, 6.45) is 4.69. The van der Waals surface area contributed by atoms with Gasteiger partial charge in [-0.05, 0) is 59.0 Å². The van der Waals surface area contributed by atoms with Crippen molar-refractivity contribution in [2.24, 2.45) is 0 Å². The van der Waals surface area contributed by atoms with Crippen LogP contribution in [0.3, 0.4) is 0 Å². The molecule has 1 aliphatic heterocycles. The summed E-state index contributed by atoms with van der Waals surface area (Å²) in [5, 5.41) is 6.21. The summed E-state index contributed by atoms with van der Waals surface area (Å²) in [4.78, 5) is 1.56. The Bertz CT molecular complexity index is 752. The summed E-state index contributed by atoms with van der Waals surface area (Å²) in [7, 11) is 3.44. The molecule has 0 amide bonds. The Morgan fingerprint density at radius 3 is 2.71 bits per heavy atom. The third-order valence-electron chi connectivity index (χ3n) is 5.47. The maximum absolute atomic E-state index is 5.57. The largest absolute Gasteiger partial charge is 0.493 e. The van der Waals surface area contributed by atoms with Gasteiger partial charge in [0.2, 0.25) is 0 Å². The number of benzene rings is 1. The zero-order valence-electron chi connectivity index (χ0n) is 14.6. The Morgan fingerprint density at radius 2 is 1.96 bits per heavy atom. The van der Waals surface area contributed by atoms with Crippen molar-refractivity contribution < 1.29 is 9.47 Å². The molecule has 1 N–H and O–H groups in total. The maximum atomic E-state index is 5.57. The van der Waals surface area contributed by atoms with Gasteiger partial charge in [0.05, 0.1) is 14.2 Å². The van der Waals surface area contributed by atoms with Crippen LogP contribution in [0.4, 0.5) is 0 Å². The van der Waals surface area contributed by atoms with Crippen molar-refractivity contribution in [1.29, 1.82) is 0 Å². The van der Waals surface area contributed by atoms with Crippen molar-refractivity contribution in [3.63, 3.8) is 0 Å². The molecule has 2 heterocycles. The Kier molecular flexibility index (Phi) is 4.27. The number of aryl methyl sites for hydroxylation is 2. The van der Waals surface area contributed by atoms with E-state index in [0.717, 1.165) is 24.5 Å². The molecule has 2 unspecified atom stereocenters. The quantitative estimate of drug-likeness (QED) is 0.899. The molecule has 1 aromatic carbocycles. The van der Waals surface area contributed by atoms with E-state index < -0.39 is 0 Å². The predicted molar refractivity (Wildman–Crippen MR) is 98.7 cm³/mol. The lowest BCUT2D eigenvalue weighted by atomic mass is 9.73. The maximum Gasteiger partial charge on any atom is 0.161 e. The van der Waals surface area contributed by atoms with Crippen molar-refractivity contribution in [2.75, 3.05) is 14.2 Å². The fourth-order valence-electron chi connectivity index (χ4n) is 4.31. The molecule has 2 atom stereocenters. The van der Waals surface area contributed by atoms with E-state index in [2.05, 4.69) is 29.8 Å². The molecule has 128 valence electrons. The van der Waals surface area contributed by atoms with Gasteiger partial charge in [0.15, 0.2) is 11.5 Å². The fourth-order valence-corrected chi connectivity index (χ4v) is 5.52. The van der Waals surface area contributed by atoms with E-state index in [-0.39, 0.29) is 0 Å². The summed E-state index contributed by atoms with van der Waals surface area (Å²) in [6.45, 7) is 3.29. The predicted octanol–water partition coefficient (Wildman–Crippen LogP) is 4.27. The lowest BCUT2D eigenvalue weighted by molar-refractivity contribution is 0.349. The van der Waals surface area contributed by atoms with Crippen molar-refractivity contribution in [3.8, 4) is 11.5 Å². The van der Waals surface area contributed by atoms with Gasteiger partial charge in [-0.3, -0.25) is 0 Å². The van der Waals surface area contributed by atoms with E-state index in [1.165, 1.54) is 30.4 Å². The zero-order valence-corrected chi connectivity index (χ0v) is 15.5. The summed E-state index contributed by atoms with van der Waals surface area (Å²) >= 11 is 1.94. The van der Waals surface area contributed by atoms with Crippen LogP contribution in [0.2, 0.25) is 0 Å². The van der Waals surface area contributed by atoms with Crippen LogP contribution < -0.4 is 14.8 Å². The Morgan fingerprint density at radius 1 is 1.17 bits per heavy atom. The molecule has 0 bridgehead atoms. The lowest BCUT2D eigenvalue weighted by Gasteiger charge is -2.39. The highest BCUT2D eigenvalue weighted by atomic mass is 32.1. The average molecular weight is 343 g/mol. The van der Waals surface area contributed by atoms with Crippen molar-refractivity contribution in [1.82, 2.24) is 5.32 Å². The molecule has 4 rings (SSSR count). The molecule has 3 nitrogen and oxygen atoms in total. The first kappa shape index (κ1) is 16.0. The minimum absolute atomic E-state index is 0.444. The van der Waals surface area contributed by atoms with Crippen LogP contribution in [0, 0.1) is 0 Å². The van der Waals surface area contributed by atoms with Crippen molar-refractivity contribution in [3.05, 3.63) is 44.6 Å². The van der Waals surface area contributed by atoms with E-state index in [1.54, 1.807) is 30.2 Å². The molecule has 4 heteroatoms. The van der Waals surface area contributed by atoms with Crippen LogP contribution in [0.15, 0.2) is 17.5 Å². The highest BCUT2D eigenvalue weighted by Crippen LogP contribution is 2.46. The van der Waals surface area contributed by atoms with E-state index in [0.29, 0.717) is 12.0 Å². The van der Waals surface area contributed by atoms with E-state index in [1.807, 2.05) is 11.3 Å². The van der Waals surface area contributed by atoms with Crippen LogP contribution in [0.25, 0.3) is 0 Å². The molecule has 2 aliphatic rings. The standard InChI is InChI=1S/C20H25NO2S/c1-4-5-19-14-10-21-16-7-6-12-8-17(22-2)18(23-3)9-13(12)20(16)15(14)11-24-19/h8-9,11,16,20-21H,4-7,10H2,1-3H3. The highest BCUT2D eigenvalue weighted by Gasteiger charge is 2.37. The van der Waals surface area contributed by atoms with Crippen LogP contribution in [-0.2, 0) is 19.4 Å². The lowest BCUT2D eigenvalue weighted by Crippen LogP contribution is -2.42. The number of thiophene rings is 1. The Labute approximate surface area is 148 Å². The first-order valence-electron chi connectivity index (χ1n) is 8.84. The van der Waals surface area contributed by atoms with Crippen LogP contribution >= 0.6 is 11.3 Å². The SMILES string of the molecule is CCCc1scc2c1CNC1CCc3cc(OC)c(OC)cc3C21. The van der Waals surface area contributed by atoms with Gasteiger partial charge in [-0.1, -0.05) is 13.3 Å². The van der Waals surface area contributed by atoms with Gasteiger partial charge in [0, 0.05) is 23.4 Å². The van der Waals surface area contributed by atoms with Crippen LogP contribution in [0.5, 0.6) is 11.5 Å². The molecule has 0 fully saturated rings. The second kappa shape index (κ2) is 6.41. The van der Waals surface area contributed by atoms with Crippen LogP contribution in [-0.4, -0.2) is 20.3 Å². The Balaban J connectivity index is 1.82. The molecule has 24 heavy (non-hydrogen) atoms. The summed E-state index contributed by atoms with van der Waals surface area (Å²) in [5.74, 6) is 2.13. The summed E-state index contributed by atoms with van der Waals surface area (Å²) in [5.41, 5.74) is 5.91. The van der Waals surface area contributed by atoms with Crippen molar-refractivity contribution >= 4 is 11.3 Å². The molecule has 0 saturated carbocycles. The van der Waals surface area contributed by atoms with Gasteiger partial charge < -0.3 is 14.8 Å². The third-order valence-corrected chi connectivity index (χ3v) is 6.58. The van der Waals surface area contributed by atoms with E-state index in [9.17, 15) is 0 Å². The number of fused-ring (bicyclic) bond motifs is 5. The molecule has 1 aliphatic carbocycles. The number of methoxy groups -OCH3 is 2. The Hall–Kier alpha value is -1.52. The number of rotatable bonds is 4. The molecule has 0 radical (unpaired) electrons. The molecule has 0 saturated heterocycles. The van der Waals surface area contributed by atoms with Crippen molar-refractivity contribution in [2.45, 2.75) is 51.1 Å². The minimum Gasteiger partial charge on any atom is -0.493 e.